The summed E-state index contributed by atoms with van der Waals surface area (Å²) in [6.07, 6.45) is 0. The number of carbonyl (C=O) groups is 1. The van der Waals surface area contributed by atoms with Gasteiger partial charge in [0.05, 0.1) is 27.6 Å². The van der Waals surface area contributed by atoms with E-state index in [4.69, 9.17) is 18.0 Å². The molecule has 0 saturated carbocycles. The molecule has 3 N–H and O–H groups in total. The summed E-state index contributed by atoms with van der Waals surface area (Å²) in [5, 5.41) is 3.98. The number of carbonyl (C=O) groups excluding carboxylic acids is 1. The van der Waals surface area contributed by atoms with Gasteiger partial charge in [-0.05, 0) is 26.7 Å². The highest BCUT2D eigenvalue weighted by molar-refractivity contribution is 7.80. The van der Waals surface area contributed by atoms with Gasteiger partial charge in [-0.1, -0.05) is 26.1 Å². The van der Waals surface area contributed by atoms with Gasteiger partial charge in [0.1, 0.15) is 0 Å². The highest BCUT2D eigenvalue weighted by Crippen LogP contribution is 2.25. The second-order valence-corrected chi connectivity index (χ2v) is 6.74. The summed E-state index contributed by atoms with van der Waals surface area (Å²) in [6.45, 7) is 9.75. The first kappa shape index (κ1) is 16.0. The Morgan fingerprint density at radius 2 is 1.95 bits per heavy atom. The number of amides is 1. The van der Waals surface area contributed by atoms with Gasteiger partial charge in [0.25, 0.3) is 0 Å². The molecular formula is C13H21N3OS2. The number of hydrogen-bond donors (Lipinski definition) is 2. The molecule has 1 aromatic rings. The smallest absolute Gasteiger partial charge is 0.230 e. The van der Waals surface area contributed by atoms with E-state index in [1.165, 1.54) is 0 Å². The SMILES string of the molecule is Cc1nc(C)c(C(C)NC(=O)C(C(N)=S)C(C)C)s1. The van der Waals surface area contributed by atoms with E-state index in [-0.39, 0.29) is 22.9 Å². The molecular weight excluding hydrogens is 278 g/mol. The molecule has 0 aliphatic heterocycles. The molecule has 0 spiro atoms. The van der Waals surface area contributed by atoms with Gasteiger partial charge in [-0.2, -0.15) is 0 Å². The summed E-state index contributed by atoms with van der Waals surface area (Å²) in [6, 6.07) is -0.0747. The first-order valence-electron chi connectivity index (χ1n) is 6.27. The number of nitrogens with two attached hydrogens (primary N) is 1. The molecule has 1 amide bonds. The van der Waals surface area contributed by atoms with Gasteiger partial charge in [-0.3, -0.25) is 4.79 Å². The fraction of sp³-hybridized carbons (Fsp3) is 0.615. The van der Waals surface area contributed by atoms with Crippen LogP contribution >= 0.6 is 23.6 Å². The molecule has 0 radical (unpaired) electrons. The lowest BCUT2D eigenvalue weighted by Gasteiger charge is -2.21. The van der Waals surface area contributed by atoms with Crippen LogP contribution in [0.25, 0.3) is 0 Å². The minimum absolute atomic E-state index is 0.0747. The molecule has 1 rings (SSSR count). The van der Waals surface area contributed by atoms with Crippen molar-refractivity contribution in [2.45, 2.75) is 40.7 Å². The fourth-order valence-corrected chi connectivity index (χ4v) is 3.39. The Labute approximate surface area is 123 Å². The Morgan fingerprint density at radius 1 is 1.37 bits per heavy atom. The average Bonchev–Trinajstić information content (AvgIpc) is 2.56. The molecule has 0 saturated heterocycles. The van der Waals surface area contributed by atoms with Gasteiger partial charge >= 0.3 is 0 Å². The molecule has 6 heteroatoms. The van der Waals surface area contributed by atoms with Crippen molar-refractivity contribution < 1.29 is 4.79 Å². The van der Waals surface area contributed by atoms with Crippen LogP contribution < -0.4 is 11.1 Å². The molecule has 0 aliphatic carbocycles. The molecule has 2 atom stereocenters. The number of thiazole rings is 1. The van der Waals surface area contributed by atoms with Crippen molar-refractivity contribution in [2.75, 3.05) is 0 Å². The Bertz CT molecular complexity index is 482. The zero-order valence-electron chi connectivity index (χ0n) is 12.0. The van der Waals surface area contributed by atoms with Crippen molar-refractivity contribution in [2.24, 2.45) is 17.6 Å². The second kappa shape index (κ2) is 6.43. The third kappa shape index (κ3) is 3.98. The molecule has 0 aromatic carbocycles. The van der Waals surface area contributed by atoms with Gasteiger partial charge < -0.3 is 11.1 Å². The quantitative estimate of drug-likeness (QED) is 0.820. The molecule has 1 heterocycles. The van der Waals surface area contributed by atoms with Crippen LogP contribution in [0.3, 0.4) is 0 Å². The van der Waals surface area contributed by atoms with Gasteiger partial charge in [-0.15, -0.1) is 11.3 Å². The predicted molar refractivity (Wildman–Crippen MR) is 83.3 cm³/mol. The number of thiocarbonyl (C=S) groups is 1. The van der Waals surface area contributed by atoms with Crippen LogP contribution in [0.2, 0.25) is 0 Å². The van der Waals surface area contributed by atoms with Crippen LogP contribution in [0.4, 0.5) is 0 Å². The summed E-state index contributed by atoms with van der Waals surface area (Å²) in [5.74, 6) is -0.443. The molecule has 0 bridgehead atoms. The monoisotopic (exact) mass is 299 g/mol. The van der Waals surface area contributed by atoms with E-state index < -0.39 is 5.92 Å². The molecule has 0 aliphatic rings. The van der Waals surface area contributed by atoms with Crippen LogP contribution in [0.1, 0.15) is 42.4 Å². The third-order valence-electron chi connectivity index (χ3n) is 2.95. The number of nitrogens with one attached hydrogen (secondary N) is 1. The van der Waals surface area contributed by atoms with Crippen molar-refractivity contribution >= 4 is 34.5 Å². The molecule has 1 aromatic heterocycles. The van der Waals surface area contributed by atoms with Crippen molar-refractivity contribution in [1.29, 1.82) is 0 Å². The molecule has 106 valence electrons. The maximum absolute atomic E-state index is 12.2. The van der Waals surface area contributed by atoms with Crippen molar-refractivity contribution in [3.8, 4) is 0 Å². The van der Waals surface area contributed by atoms with E-state index in [0.29, 0.717) is 0 Å². The van der Waals surface area contributed by atoms with Crippen molar-refractivity contribution in [3.63, 3.8) is 0 Å². The summed E-state index contributed by atoms with van der Waals surface area (Å²) < 4.78 is 0. The average molecular weight is 299 g/mol. The van der Waals surface area contributed by atoms with Crippen molar-refractivity contribution in [1.82, 2.24) is 10.3 Å². The third-order valence-corrected chi connectivity index (χ3v) is 4.46. The highest BCUT2D eigenvalue weighted by Gasteiger charge is 2.27. The Balaban J connectivity index is 2.81. The Kier molecular flexibility index (Phi) is 5.43. The van der Waals surface area contributed by atoms with Gasteiger partial charge in [-0.25, -0.2) is 4.98 Å². The Hall–Kier alpha value is -1.01. The maximum Gasteiger partial charge on any atom is 0.230 e. The van der Waals surface area contributed by atoms with Gasteiger partial charge in [0.2, 0.25) is 5.91 Å². The zero-order chi connectivity index (χ0) is 14.7. The van der Waals surface area contributed by atoms with Crippen LogP contribution in [0, 0.1) is 25.7 Å². The fourth-order valence-electron chi connectivity index (χ4n) is 2.08. The summed E-state index contributed by atoms with van der Waals surface area (Å²) in [5.41, 5.74) is 6.61. The number of rotatable bonds is 5. The number of hydrogen-bond acceptors (Lipinski definition) is 4. The second-order valence-electron chi connectivity index (χ2n) is 5.04. The number of aromatic nitrogens is 1. The molecule has 4 nitrogen and oxygen atoms in total. The lowest BCUT2D eigenvalue weighted by Crippen LogP contribution is -2.41. The van der Waals surface area contributed by atoms with Crippen molar-refractivity contribution in [3.05, 3.63) is 15.6 Å². The Morgan fingerprint density at radius 3 is 2.32 bits per heavy atom. The van der Waals surface area contributed by atoms with E-state index in [0.717, 1.165) is 15.6 Å². The lowest BCUT2D eigenvalue weighted by atomic mass is 9.94. The minimum atomic E-state index is -0.424. The van der Waals surface area contributed by atoms with E-state index in [9.17, 15) is 4.79 Å². The van der Waals surface area contributed by atoms with Crippen LogP contribution in [-0.4, -0.2) is 15.9 Å². The van der Waals surface area contributed by atoms with Gasteiger partial charge in [0, 0.05) is 4.88 Å². The van der Waals surface area contributed by atoms with E-state index >= 15 is 0 Å². The largest absolute Gasteiger partial charge is 0.393 e. The molecule has 0 fully saturated rings. The topological polar surface area (TPSA) is 68.0 Å². The molecule has 2 unspecified atom stereocenters. The van der Waals surface area contributed by atoms with E-state index in [1.54, 1.807) is 11.3 Å². The normalized spacial score (nSPS) is 14.2. The minimum Gasteiger partial charge on any atom is -0.393 e. The summed E-state index contributed by atoms with van der Waals surface area (Å²) >= 11 is 6.58. The summed E-state index contributed by atoms with van der Waals surface area (Å²) in [7, 11) is 0. The first-order chi connectivity index (χ1) is 8.73. The van der Waals surface area contributed by atoms with Crippen LogP contribution in [-0.2, 0) is 4.79 Å². The van der Waals surface area contributed by atoms with E-state index in [1.807, 2.05) is 34.6 Å². The van der Waals surface area contributed by atoms with Crippen LogP contribution in [0.5, 0.6) is 0 Å². The van der Waals surface area contributed by atoms with E-state index in [2.05, 4.69) is 10.3 Å². The summed E-state index contributed by atoms with van der Waals surface area (Å²) in [4.78, 5) is 17.9. The van der Waals surface area contributed by atoms with Crippen LogP contribution in [0.15, 0.2) is 0 Å². The lowest BCUT2D eigenvalue weighted by molar-refractivity contribution is -0.124. The number of aryl methyl sites for hydroxylation is 2. The maximum atomic E-state index is 12.2. The zero-order valence-corrected chi connectivity index (χ0v) is 13.6. The first-order valence-corrected chi connectivity index (χ1v) is 7.50. The van der Waals surface area contributed by atoms with Gasteiger partial charge in [0.15, 0.2) is 0 Å². The molecule has 19 heavy (non-hydrogen) atoms. The number of nitrogens with zero attached hydrogens (tertiary/aromatic N) is 1. The highest BCUT2D eigenvalue weighted by atomic mass is 32.1. The predicted octanol–water partition coefficient (Wildman–Crippen LogP) is 2.50. The standard InChI is InChI=1S/C13H21N3OS2/c1-6(2)10(12(14)18)13(17)16-8(4)11-7(3)15-9(5)19-11/h6,8,10H,1-5H3,(H2,14,18)(H,16,17).